The summed E-state index contributed by atoms with van der Waals surface area (Å²) in [4.78, 5) is 0. The highest BCUT2D eigenvalue weighted by molar-refractivity contribution is 5.56. The molecule has 6 heteroatoms. The Balaban J connectivity index is 2.01. The molecule has 0 aliphatic heterocycles. The van der Waals surface area contributed by atoms with E-state index in [1.165, 1.54) is 14.2 Å². The summed E-state index contributed by atoms with van der Waals surface area (Å²) in [5.41, 5.74) is 1.32. The molecule has 22 heavy (non-hydrogen) atoms. The zero-order valence-electron chi connectivity index (χ0n) is 12.9. The van der Waals surface area contributed by atoms with Gasteiger partial charge in [0.15, 0.2) is 11.5 Å². The topological polar surface area (TPSA) is 77.5 Å². The lowest BCUT2D eigenvalue weighted by molar-refractivity contribution is 0.266. The van der Waals surface area contributed by atoms with Crippen LogP contribution in [0.15, 0.2) is 22.7 Å². The number of methoxy groups -OCH3 is 2. The van der Waals surface area contributed by atoms with E-state index in [1.54, 1.807) is 12.1 Å². The molecule has 0 spiro atoms. The van der Waals surface area contributed by atoms with Crippen LogP contribution in [0.4, 0.5) is 0 Å². The Hall–Kier alpha value is -2.68. The first-order valence-corrected chi connectivity index (χ1v) is 6.89. The number of ether oxygens (including phenoxy) is 3. The summed E-state index contributed by atoms with van der Waals surface area (Å²) < 4.78 is 21.4. The highest BCUT2D eigenvalue weighted by atomic mass is 16.5. The lowest BCUT2D eigenvalue weighted by Gasteiger charge is -2.14. The van der Waals surface area contributed by atoms with Crippen LogP contribution in [-0.4, -0.2) is 26.0 Å². The molecule has 1 heterocycles. The molecule has 0 saturated heterocycles. The maximum atomic E-state index is 8.99. The summed E-state index contributed by atoms with van der Waals surface area (Å²) >= 11 is 0. The van der Waals surface area contributed by atoms with Gasteiger partial charge in [-0.25, -0.2) is 0 Å². The van der Waals surface area contributed by atoms with E-state index in [1.807, 2.05) is 13.0 Å². The van der Waals surface area contributed by atoms with Crippen LogP contribution in [0.5, 0.6) is 17.2 Å². The van der Waals surface area contributed by atoms with Crippen LogP contribution in [0.1, 0.15) is 23.4 Å². The van der Waals surface area contributed by atoms with Crippen LogP contribution in [0.2, 0.25) is 0 Å². The van der Waals surface area contributed by atoms with Gasteiger partial charge in [-0.1, -0.05) is 5.16 Å². The van der Waals surface area contributed by atoms with Crippen molar-refractivity contribution >= 4 is 0 Å². The zero-order chi connectivity index (χ0) is 15.9. The summed E-state index contributed by atoms with van der Waals surface area (Å²) in [5, 5.41) is 12.8. The maximum Gasteiger partial charge on any atom is 0.203 e. The van der Waals surface area contributed by atoms with Crippen molar-refractivity contribution in [3.8, 4) is 23.3 Å². The molecule has 0 saturated carbocycles. The molecule has 1 aromatic carbocycles. The first kappa shape index (κ1) is 15.7. The standard InChI is InChI=1S/C16H18N2O4/c1-11-7-13(22-18-11)5-4-6-21-16-14(19-2)8-12(10-17)9-15(16)20-3/h7-9H,4-6H2,1-3H3. The van der Waals surface area contributed by atoms with E-state index >= 15 is 0 Å². The highest BCUT2D eigenvalue weighted by Crippen LogP contribution is 2.38. The Morgan fingerprint density at radius 3 is 2.36 bits per heavy atom. The molecule has 0 amide bonds. The monoisotopic (exact) mass is 302 g/mol. The lowest BCUT2D eigenvalue weighted by atomic mass is 10.2. The van der Waals surface area contributed by atoms with Crippen LogP contribution in [0.3, 0.4) is 0 Å². The Morgan fingerprint density at radius 2 is 1.86 bits per heavy atom. The van der Waals surface area contributed by atoms with Gasteiger partial charge in [-0.2, -0.15) is 5.26 Å². The van der Waals surface area contributed by atoms with Gasteiger partial charge in [-0.3, -0.25) is 0 Å². The molecular weight excluding hydrogens is 284 g/mol. The summed E-state index contributed by atoms with van der Waals surface area (Å²) in [6.45, 7) is 2.36. The molecule has 0 atom stereocenters. The van der Waals surface area contributed by atoms with Gasteiger partial charge >= 0.3 is 0 Å². The summed E-state index contributed by atoms with van der Waals surface area (Å²) in [6, 6.07) is 7.21. The second-order valence-electron chi connectivity index (χ2n) is 4.71. The molecule has 0 radical (unpaired) electrons. The first-order valence-electron chi connectivity index (χ1n) is 6.89. The van der Waals surface area contributed by atoms with Gasteiger partial charge in [0.2, 0.25) is 5.75 Å². The van der Waals surface area contributed by atoms with Crippen molar-refractivity contribution in [1.82, 2.24) is 5.16 Å². The van der Waals surface area contributed by atoms with Gasteiger partial charge in [0.1, 0.15) is 5.76 Å². The predicted molar refractivity (Wildman–Crippen MR) is 79.3 cm³/mol. The minimum atomic E-state index is 0.457. The van der Waals surface area contributed by atoms with E-state index in [9.17, 15) is 0 Å². The third-order valence-electron chi connectivity index (χ3n) is 3.08. The van der Waals surface area contributed by atoms with Gasteiger partial charge in [0.25, 0.3) is 0 Å². The molecule has 116 valence electrons. The Bertz CT molecular complexity index is 648. The van der Waals surface area contributed by atoms with Crippen molar-refractivity contribution in [2.45, 2.75) is 19.8 Å². The number of aryl methyl sites for hydroxylation is 2. The molecule has 0 bridgehead atoms. The first-order chi connectivity index (χ1) is 10.7. The number of hydrogen-bond donors (Lipinski definition) is 0. The fourth-order valence-corrected chi connectivity index (χ4v) is 2.04. The van der Waals surface area contributed by atoms with Crippen LogP contribution >= 0.6 is 0 Å². The van der Waals surface area contributed by atoms with Crippen molar-refractivity contribution in [3.63, 3.8) is 0 Å². The molecule has 2 rings (SSSR count). The van der Waals surface area contributed by atoms with E-state index in [-0.39, 0.29) is 0 Å². The second-order valence-corrected chi connectivity index (χ2v) is 4.71. The fourth-order valence-electron chi connectivity index (χ4n) is 2.04. The molecule has 0 unspecified atom stereocenters. The van der Waals surface area contributed by atoms with Gasteiger partial charge in [0.05, 0.1) is 38.2 Å². The van der Waals surface area contributed by atoms with Crippen molar-refractivity contribution < 1.29 is 18.7 Å². The lowest BCUT2D eigenvalue weighted by Crippen LogP contribution is -2.03. The van der Waals surface area contributed by atoms with Gasteiger partial charge in [-0.15, -0.1) is 0 Å². The molecule has 6 nitrogen and oxygen atoms in total. The third-order valence-corrected chi connectivity index (χ3v) is 3.08. The largest absolute Gasteiger partial charge is 0.493 e. The number of hydrogen-bond acceptors (Lipinski definition) is 6. The molecule has 0 aliphatic carbocycles. The van der Waals surface area contributed by atoms with Gasteiger partial charge < -0.3 is 18.7 Å². The van der Waals surface area contributed by atoms with E-state index < -0.39 is 0 Å². The minimum absolute atomic E-state index is 0.457. The van der Waals surface area contributed by atoms with E-state index in [2.05, 4.69) is 11.2 Å². The maximum absolute atomic E-state index is 8.99. The van der Waals surface area contributed by atoms with Gasteiger partial charge in [0, 0.05) is 24.6 Å². The van der Waals surface area contributed by atoms with Crippen LogP contribution in [-0.2, 0) is 6.42 Å². The number of nitrogens with zero attached hydrogens (tertiary/aromatic N) is 2. The number of nitriles is 1. The smallest absolute Gasteiger partial charge is 0.203 e. The second kappa shape index (κ2) is 7.36. The molecular formula is C16H18N2O4. The molecule has 2 aromatic rings. The van der Waals surface area contributed by atoms with Crippen LogP contribution in [0.25, 0.3) is 0 Å². The van der Waals surface area contributed by atoms with Gasteiger partial charge in [-0.05, 0) is 13.3 Å². The predicted octanol–water partition coefficient (Wildman–Crippen LogP) is 2.88. The van der Waals surface area contributed by atoms with Crippen molar-refractivity contribution in [3.05, 3.63) is 35.2 Å². The Morgan fingerprint density at radius 1 is 1.18 bits per heavy atom. The number of aromatic nitrogens is 1. The Labute approximate surface area is 129 Å². The number of benzene rings is 1. The zero-order valence-corrected chi connectivity index (χ0v) is 12.9. The molecule has 0 N–H and O–H groups in total. The minimum Gasteiger partial charge on any atom is -0.493 e. The SMILES string of the molecule is COc1cc(C#N)cc(OC)c1OCCCc1cc(C)no1. The molecule has 1 aromatic heterocycles. The quantitative estimate of drug-likeness (QED) is 0.732. The van der Waals surface area contributed by atoms with Crippen LogP contribution < -0.4 is 14.2 Å². The molecule has 0 aliphatic rings. The third kappa shape index (κ3) is 3.70. The van der Waals surface area contributed by atoms with Crippen molar-refractivity contribution in [1.29, 1.82) is 5.26 Å². The average molecular weight is 302 g/mol. The van der Waals surface area contributed by atoms with E-state index in [4.69, 9.17) is 24.0 Å². The van der Waals surface area contributed by atoms with Crippen molar-refractivity contribution in [2.75, 3.05) is 20.8 Å². The average Bonchev–Trinajstić information content (AvgIpc) is 2.96. The summed E-state index contributed by atoms with van der Waals surface area (Å²) in [6.07, 6.45) is 1.50. The summed E-state index contributed by atoms with van der Waals surface area (Å²) in [5.74, 6) is 2.29. The number of rotatable bonds is 7. The summed E-state index contributed by atoms with van der Waals surface area (Å²) in [7, 11) is 3.06. The fraction of sp³-hybridized carbons (Fsp3) is 0.375. The Kier molecular flexibility index (Phi) is 5.26. The van der Waals surface area contributed by atoms with Crippen LogP contribution in [0, 0.1) is 18.3 Å². The van der Waals surface area contributed by atoms with E-state index in [0.717, 1.165) is 24.3 Å². The van der Waals surface area contributed by atoms with Crippen molar-refractivity contribution in [2.24, 2.45) is 0 Å². The normalized spacial score (nSPS) is 10.1. The molecule has 0 fully saturated rings. The highest BCUT2D eigenvalue weighted by Gasteiger charge is 2.14. The van der Waals surface area contributed by atoms with E-state index in [0.29, 0.717) is 29.4 Å².